The van der Waals surface area contributed by atoms with Crippen molar-refractivity contribution in [1.29, 1.82) is 0 Å². The Morgan fingerprint density at radius 2 is 1.18 bits per heavy atom. The summed E-state index contributed by atoms with van der Waals surface area (Å²) < 4.78 is 11.0. The number of benzene rings is 2. The Labute approximate surface area is 343 Å². The van der Waals surface area contributed by atoms with E-state index in [1.165, 1.54) is 29.8 Å². The Kier molecular flexibility index (Phi) is 15.4. The Balaban J connectivity index is 0.000000210. The maximum Gasteiger partial charge on any atom is 0.273 e. The zero-order chi connectivity index (χ0) is 41.8. The van der Waals surface area contributed by atoms with Crippen LogP contribution in [0.25, 0.3) is 22.5 Å². The molecule has 0 fully saturated rings. The number of aromatic nitrogens is 10. The predicted molar refractivity (Wildman–Crippen MR) is 218 cm³/mol. The number of hydrogen-bond donors (Lipinski definition) is 4. The summed E-state index contributed by atoms with van der Waals surface area (Å²) in [4.78, 5) is 26.2. The monoisotopic (exact) mass is 838 g/mol. The third kappa shape index (κ3) is 11.0. The average molecular weight is 840 g/mol. The smallest absolute Gasteiger partial charge is 0.273 e. The molecule has 18 nitrogen and oxygen atoms in total. The standard InChI is InChI=1S/C18H20ClN7O2.C12H16N4O.C6H5Cl2N3O/c1-5-10-6-11(14-9-21-26(3)25-14)17(28-4)13(7-10)22-12-8-15(19)23-24-16(12)18(27)20-2;1-4-8-5-9(11-7-14-16(2)15-11)12(17-3)10(13)6-8;1-9-6(12)5-3(7)2-4(8)10-11-5/h6-9H,5H2,1-4H3,(H,20,27)(H,22,23);5-7H,4,13H2,1-3H3;2H,1H3,(H,9,12). The molecule has 0 radical (unpaired) electrons. The summed E-state index contributed by atoms with van der Waals surface area (Å²) in [5.41, 5.74) is 13.2. The van der Waals surface area contributed by atoms with Gasteiger partial charge in [-0.2, -0.15) is 30.0 Å². The van der Waals surface area contributed by atoms with Gasteiger partial charge >= 0.3 is 0 Å². The number of anilines is 3. The number of amides is 2. The first kappa shape index (κ1) is 43.6. The molecule has 0 spiro atoms. The van der Waals surface area contributed by atoms with Crippen molar-refractivity contribution in [3.05, 3.63) is 86.6 Å². The second-order valence-electron chi connectivity index (χ2n) is 11.7. The molecule has 6 aromatic rings. The Bertz CT molecular complexity index is 2350. The lowest BCUT2D eigenvalue weighted by Crippen LogP contribution is -2.21. The van der Waals surface area contributed by atoms with Crippen LogP contribution in [0.5, 0.6) is 11.5 Å². The predicted octanol–water partition coefficient (Wildman–Crippen LogP) is 5.38. The van der Waals surface area contributed by atoms with E-state index in [0.29, 0.717) is 34.3 Å². The van der Waals surface area contributed by atoms with Crippen molar-refractivity contribution in [2.75, 3.05) is 39.4 Å². The molecule has 2 amide bonds. The Morgan fingerprint density at radius 3 is 1.65 bits per heavy atom. The van der Waals surface area contributed by atoms with Crippen molar-refractivity contribution in [3.8, 4) is 34.0 Å². The molecule has 21 heteroatoms. The number of nitrogens with two attached hydrogens (primary N) is 1. The largest absolute Gasteiger partial charge is 0.494 e. The second-order valence-corrected chi connectivity index (χ2v) is 12.9. The van der Waals surface area contributed by atoms with Crippen LogP contribution in [0.3, 0.4) is 0 Å². The highest BCUT2D eigenvalue weighted by Crippen LogP contribution is 2.39. The molecule has 4 aromatic heterocycles. The van der Waals surface area contributed by atoms with E-state index in [1.54, 1.807) is 46.8 Å². The van der Waals surface area contributed by atoms with Gasteiger partial charge in [0.05, 0.1) is 48.7 Å². The topological polar surface area (TPSA) is 228 Å². The molecule has 57 heavy (non-hydrogen) atoms. The van der Waals surface area contributed by atoms with Crippen LogP contribution < -0.4 is 31.2 Å². The summed E-state index contributed by atoms with van der Waals surface area (Å²) in [6.45, 7) is 4.13. The van der Waals surface area contributed by atoms with Crippen LogP contribution in [-0.4, -0.2) is 90.5 Å². The molecule has 300 valence electrons. The van der Waals surface area contributed by atoms with Crippen molar-refractivity contribution >= 4 is 63.7 Å². The minimum Gasteiger partial charge on any atom is -0.494 e. The Hall–Kier alpha value is -6.11. The van der Waals surface area contributed by atoms with E-state index in [1.807, 2.05) is 31.2 Å². The van der Waals surface area contributed by atoms with Crippen molar-refractivity contribution in [3.63, 3.8) is 0 Å². The van der Waals surface area contributed by atoms with Gasteiger partial charge in [0, 0.05) is 45.4 Å². The quantitative estimate of drug-likeness (QED) is 0.127. The average Bonchev–Trinajstić information content (AvgIpc) is 3.84. The van der Waals surface area contributed by atoms with Gasteiger partial charge in [0.25, 0.3) is 11.8 Å². The summed E-state index contributed by atoms with van der Waals surface area (Å²) in [7, 11) is 9.71. The molecule has 0 bridgehead atoms. The summed E-state index contributed by atoms with van der Waals surface area (Å²) in [5.74, 6) is 0.451. The van der Waals surface area contributed by atoms with Gasteiger partial charge in [0.15, 0.2) is 33.2 Å². The van der Waals surface area contributed by atoms with Crippen molar-refractivity contribution in [2.45, 2.75) is 26.7 Å². The minimum absolute atomic E-state index is 0.0727. The molecular formula is C36H41Cl3N14O4. The van der Waals surface area contributed by atoms with Crippen LogP contribution in [0.15, 0.2) is 48.8 Å². The number of rotatable bonds is 10. The normalized spacial score (nSPS) is 10.4. The zero-order valence-corrected chi connectivity index (χ0v) is 34.6. The van der Waals surface area contributed by atoms with Crippen molar-refractivity contribution in [2.24, 2.45) is 14.1 Å². The molecule has 5 N–H and O–H groups in total. The van der Waals surface area contributed by atoms with E-state index in [2.05, 4.69) is 63.7 Å². The highest BCUT2D eigenvalue weighted by atomic mass is 35.5. The molecule has 0 aliphatic carbocycles. The first-order chi connectivity index (χ1) is 27.3. The van der Waals surface area contributed by atoms with E-state index in [9.17, 15) is 9.59 Å². The fourth-order valence-electron chi connectivity index (χ4n) is 5.18. The third-order valence-corrected chi connectivity index (χ3v) is 8.59. The van der Waals surface area contributed by atoms with E-state index in [4.69, 9.17) is 50.0 Å². The molecule has 6 rings (SSSR count). The summed E-state index contributed by atoms with van der Waals surface area (Å²) in [5, 5.41) is 40.2. The number of aryl methyl sites for hydroxylation is 4. The maximum atomic E-state index is 12.2. The van der Waals surface area contributed by atoms with Crippen LogP contribution in [-0.2, 0) is 26.9 Å². The molecule has 4 heterocycles. The van der Waals surface area contributed by atoms with Gasteiger partial charge in [-0.1, -0.05) is 48.7 Å². The summed E-state index contributed by atoms with van der Waals surface area (Å²) in [6.07, 6.45) is 5.09. The number of nitrogen functional groups attached to an aromatic ring is 1. The van der Waals surface area contributed by atoms with Crippen LogP contribution in [0.1, 0.15) is 46.0 Å². The van der Waals surface area contributed by atoms with Gasteiger partial charge < -0.3 is 31.2 Å². The fraction of sp³-hybridized carbons (Fsp3) is 0.278. The number of nitrogens with one attached hydrogen (secondary N) is 3. The Morgan fingerprint density at radius 1 is 0.684 bits per heavy atom. The SMILES string of the molecule is CCc1cc(N)c(OC)c(-c2cnn(C)n2)c1.CCc1cc(Nc2cc(Cl)nnc2C(=O)NC)c(OC)c(-c2cnn(C)n2)c1.CNC(=O)c1nnc(Cl)cc1Cl. The third-order valence-electron chi connectivity index (χ3n) is 7.94. The summed E-state index contributed by atoms with van der Waals surface area (Å²) in [6, 6.07) is 10.8. The lowest BCUT2D eigenvalue weighted by molar-refractivity contribution is 0.0949. The number of nitrogens with zero attached hydrogens (tertiary/aromatic N) is 10. The number of carbonyl (C=O) groups is 2. The molecule has 0 unspecified atom stereocenters. The number of hydrogen-bond acceptors (Lipinski definition) is 14. The van der Waals surface area contributed by atoms with Crippen LogP contribution in [0, 0.1) is 0 Å². The molecule has 0 aliphatic heterocycles. The van der Waals surface area contributed by atoms with Crippen LogP contribution >= 0.6 is 34.8 Å². The van der Waals surface area contributed by atoms with E-state index in [-0.39, 0.29) is 38.5 Å². The fourth-order valence-corrected chi connectivity index (χ4v) is 5.76. The molecular weight excluding hydrogens is 799 g/mol. The molecule has 0 aliphatic rings. The van der Waals surface area contributed by atoms with Gasteiger partial charge in [0.2, 0.25) is 0 Å². The number of methoxy groups -OCH3 is 2. The number of halogens is 3. The second kappa shape index (κ2) is 20.2. The van der Waals surface area contributed by atoms with Gasteiger partial charge in [-0.25, -0.2) is 0 Å². The molecule has 2 aromatic carbocycles. The number of carbonyl (C=O) groups excluding carboxylic acids is 2. The van der Waals surface area contributed by atoms with Crippen molar-refractivity contribution < 1.29 is 19.1 Å². The van der Waals surface area contributed by atoms with Gasteiger partial charge in [-0.3, -0.25) is 9.59 Å². The minimum atomic E-state index is -0.385. The first-order valence-corrected chi connectivity index (χ1v) is 18.2. The van der Waals surface area contributed by atoms with E-state index >= 15 is 0 Å². The van der Waals surface area contributed by atoms with Crippen molar-refractivity contribution in [1.82, 2.24) is 61.0 Å². The van der Waals surface area contributed by atoms with Crippen LogP contribution in [0.4, 0.5) is 17.1 Å². The van der Waals surface area contributed by atoms with Gasteiger partial charge in [0.1, 0.15) is 11.4 Å². The van der Waals surface area contributed by atoms with Gasteiger partial charge in [-0.05, 0) is 54.3 Å². The van der Waals surface area contributed by atoms with E-state index < -0.39 is 0 Å². The zero-order valence-electron chi connectivity index (χ0n) is 32.3. The maximum absolute atomic E-state index is 12.2. The lowest BCUT2D eigenvalue weighted by atomic mass is 10.0. The molecule has 0 saturated carbocycles. The molecule has 0 saturated heterocycles. The van der Waals surface area contributed by atoms with Gasteiger partial charge in [-0.15, -0.1) is 20.4 Å². The lowest BCUT2D eigenvalue weighted by Gasteiger charge is -2.17. The van der Waals surface area contributed by atoms with Crippen LogP contribution in [0.2, 0.25) is 15.3 Å². The van der Waals surface area contributed by atoms with E-state index in [0.717, 1.165) is 40.8 Å². The summed E-state index contributed by atoms with van der Waals surface area (Å²) >= 11 is 17.1. The highest BCUT2D eigenvalue weighted by Gasteiger charge is 2.20. The number of ether oxygens (including phenoxy) is 2. The molecule has 0 atom stereocenters. The highest BCUT2D eigenvalue weighted by molar-refractivity contribution is 6.35. The first-order valence-electron chi connectivity index (χ1n) is 17.1.